The lowest BCUT2D eigenvalue weighted by Crippen LogP contribution is -2.51. The maximum absolute atomic E-state index is 12.4. The molecule has 10 heteroatoms. The molecule has 2 rings (SSSR count). The van der Waals surface area contributed by atoms with Crippen molar-refractivity contribution in [3.63, 3.8) is 0 Å². The maximum atomic E-state index is 12.4. The molecule has 1 atom stereocenters. The van der Waals surface area contributed by atoms with Gasteiger partial charge in [-0.3, -0.25) is 9.59 Å². The predicted octanol–water partition coefficient (Wildman–Crippen LogP) is -0.440. The molecule has 1 N–H and O–H groups in total. The molecule has 110 valence electrons. The van der Waals surface area contributed by atoms with Gasteiger partial charge in [-0.05, 0) is 18.5 Å². The number of rotatable bonds is 3. The number of carboxylic acids is 1. The number of carbonyl (C=O) groups excluding carboxylic acids is 1. The summed E-state index contributed by atoms with van der Waals surface area (Å²) in [6.07, 6.45) is -0.393. The number of aryl methyl sites for hydroxylation is 1. The van der Waals surface area contributed by atoms with Crippen LogP contribution in [-0.2, 0) is 14.6 Å². The van der Waals surface area contributed by atoms with Crippen LogP contribution in [0.3, 0.4) is 0 Å². The van der Waals surface area contributed by atoms with Crippen LogP contribution in [0, 0.1) is 6.92 Å². The largest absolute Gasteiger partial charge is 0.481 e. The molecule has 1 aromatic rings. The van der Waals surface area contributed by atoms with E-state index >= 15 is 0 Å². The first-order chi connectivity index (χ1) is 9.30. The van der Waals surface area contributed by atoms with Crippen molar-refractivity contribution in [3.8, 4) is 0 Å². The van der Waals surface area contributed by atoms with Crippen LogP contribution in [0.4, 0.5) is 0 Å². The van der Waals surface area contributed by atoms with Gasteiger partial charge in [-0.15, -0.1) is 5.10 Å². The fourth-order valence-corrected chi connectivity index (χ4v) is 4.22. The lowest BCUT2D eigenvalue weighted by atomic mass is 10.2. The second-order valence-electron chi connectivity index (χ2n) is 4.55. The van der Waals surface area contributed by atoms with Crippen LogP contribution in [-0.4, -0.2) is 64.0 Å². The number of carboxylic acid groups (broad SMARTS) is 1. The van der Waals surface area contributed by atoms with Crippen molar-refractivity contribution in [2.24, 2.45) is 0 Å². The van der Waals surface area contributed by atoms with Gasteiger partial charge in [-0.1, -0.05) is 4.49 Å². The third-order valence-electron chi connectivity index (χ3n) is 3.05. The summed E-state index contributed by atoms with van der Waals surface area (Å²) in [5, 5.41) is 12.6. The van der Waals surface area contributed by atoms with E-state index in [1.165, 1.54) is 4.90 Å². The average molecular weight is 319 g/mol. The number of hydrogen-bond acceptors (Lipinski definition) is 7. The molecule has 1 aromatic heterocycles. The van der Waals surface area contributed by atoms with Crippen molar-refractivity contribution < 1.29 is 23.1 Å². The van der Waals surface area contributed by atoms with E-state index in [9.17, 15) is 18.0 Å². The Labute approximate surface area is 119 Å². The molecular weight excluding hydrogens is 306 g/mol. The van der Waals surface area contributed by atoms with E-state index in [4.69, 9.17) is 5.11 Å². The van der Waals surface area contributed by atoms with Crippen LogP contribution < -0.4 is 0 Å². The molecule has 1 unspecified atom stereocenters. The maximum Gasteiger partial charge on any atom is 0.305 e. The third-order valence-corrected chi connectivity index (χ3v) is 5.56. The van der Waals surface area contributed by atoms with Crippen molar-refractivity contribution in [2.75, 3.05) is 18.1 Å². The van der Waals surface area contributed by atoms with Gasteiger partial charge in [0.2, 0.25) is 0 Å². The molecular formula is C10H13N3O5S2. The van der Waals surface area contributed by atoms with Gasteiger partial charge in [0.1, 0.15) is 4.88 Å². The molecule has 1 saturated heterocycles. The second-order valence-corrected chi connectivity index (χ2v) is 7.53. The number of amides is 1. The van der Waals surface area contributed by atoms with E-state index in [0.717, 1.165) is 11.5 Å². The molecule has 0 spiro atoms. The Morgan fingerprint density at radius 3 is 2.75 bits per heavy atom. The number of aromatic nitrogens is 2. The zero-order valence-electron chi connectivity index (χ0n) is 10.6. The Kier molecular flexibility index (Phi) is 4.04. The first-order valence-electron chi connectivity index (χ1n) is 5.82. The Bertz CT molecular complexity index is 639. The summed E-state index contributed by atoms with van der Waals surface area (Å²) in [6.45, 7) is 1.63. The fourth-order valence-electron chi connectivity index (χ4n) is 2.08. The molecule has 0 aromatic carbocycles. The monoisotopic (exact) mass is 319 g/mol. The van der Waals surface area contributed by atoms with Gasteiger partial charge >= 0.3 is 5.97 Å². The number of carbonyl (C=O) groups is 2. The van der Waals surface area contributed by atoms with Crippen LogP contribution in [0.2, 0.25) is 0 Å². The molecule has 0 radical (unpaired) electrons. The summed E-state index contributed by atoms with van der Waals surface area (Å²) < 4.78 is 26.9. The van der Waals surface area contributed by atoms with Gasteiger partial charge in [0.05, 0.1) is 29.7 Å². The Morgan fingerprint density at radius 2 is 2.20 bits per heavy atom. The highest BCUT2D eigenvalue weighted by molar-refractivity contribution is 7.91. The van der Waals surface area contributed by atoms with E-state index in [0.29, 0.717) is 10.6 Å². The Balaban J connectivity index is 2.26. The van der Waals surface area contributed by atoms with Crippen molar-refractivity contribution in [1.82, 2.24) is 14.5 Å². The smallest absolute Gasteiger partial charge is 0.305 e. The molecule has 2 heterocycles. The lowest BCUT2D eigenvalue weighted by Gasteiger charge is -2.34. The quantitative estimate of drug-likeness (QED) is 0.802. The van der Waals surface area contributed by atoms with Gasteiger partial charge in [-0.2, -0.15) is 0 Å². The summed E-state index contributed by atoms with van der Waals surface area (Å²) in [7, 11) is -3.31. The van der Waals surface area contributed by atoms with E-state index in [1.807, 2.05) is 0 Å². The van der Waals surface area contributed by atoms with E-state index in [1.54, 1.807) is 6.92 Å². The summed E-state index contributed by atoms with van der Waals surface area (Å²) in [5.41, 5.74) is 0.461. The molecule has 20 heavy (non-hydrogen) atoms. The SMILES string of the molecule is Cc1nnsc1C(=O)N1CCS(=O)(=O)CC1CC(=O)O. The first kappa shape index (κ1) is 14.9. The van der Waals surface area contributed by atoms with Gasteiger partial charge < -0.3 is 10.0 Å². The van der Waals surface area contributed by atoms with Crippen LogP contribution in [0.15, 0.2) is 0 Å². The summed E-state index contributed by atoms with van der Waals surface area (Å²) in [4.78, 5) is 24.8. The van der Waals surface area contributed by atoms with Crippen LogP contribution in [0.25, 0.3) is 0 Å². The molecule has 1 aliphatic rings. The summed E-state index contributed by atoms with van der Waals surface area (Å²) in [6, 6.07) is -0.847. The molecule has 1 amide bonds. The predicted molar refractivity (Wildman–Crippen MR) is 70.4 cm³/mol. The Hall–Kier alpha value is -1.55. The minimum atomic E-state index is -3.31. The first-order valence-corrected chi connectivity index (χ1v) is 8.42. The van der Waals surface area contributed by atoms with Crippen molar-refractivity contribution in [3.05, 3.63) is 10.6 Å². The normalized spacial score (nSPS) is 21.6. The molecule has 1 fully saturated rings. The molecule has 0 bridgehead atoms. The molecule has 0 saturated carbocycles. The number of aliphatic carboxylic acids is 1. The van der Waals surface area contributed by atoms with E-state index in [2.05, 4.69) is 9.59 Å². The van der Waals surface area contributed by atoms with Gasteiger partial charge in [0, 0.05) is 6.54 Å². The summed E-state index contributed by atoms with van der Waals surface area (Å²) in [5.74, 6) is -2.01. The zero-order valence-corrected chi connectivity index (χ0v) is 12.3. The standard InChI is InChI=1S/C10H13N3O5S2/c1-6-9(19-12-11-6)10(16)13-2-3-20(17,18)5-7(13)4-8(14)15/h7H,2-5H2,1H3,(H,14,15). The minimum absolute atomic E-state index is 0.00352. The molecule has 8 nitrogen and oxygen atoms in total. The average Bonchev–Trinajstić information content (AvgIpc) is 2.73. The van der Waals surface area contributed by atoms with Crippen LogP contribution >= 0.6 is 11.5 Å². The van der Waals surface area contributed by atoms with Gasteiger partial charge in [0.15, 0.2) is 9.84 Å². The number of sulfone groups is 1. The van der Waals surface area contributed by atoms with Crippen molar-refractivity contribution in [2.45, 2.75) is 19.4 Å². The van der Waals surface area contributed by atoms with Gasteiger partial charge in [0.25, 0.3) is 5.91 Å². The minimum Gasteiger partial charge on any atom is -0.481 e. The third kappa shape index (κ3) is 3.12. The molecule has 0 aliphatic carbocycles. The van der Waals surface area contributed by atoms with Crippen LogP contribution in [0.5, 0.6) is 0 Å². The lowest BCUT2D eigenvalue weighted by molar-refractivity contribution is -0.138. The highest BCUT2D eigenvalue weighted by Crippen LogP contribution is 2.20. The number of nitrogens with zero attached hydrogens (tertiary/aromatic N) is 3. The highest BCUT2D eigenvalue weighted by Gasteiger charge is 2.36. The second kappa shape index (κ2) is 5.44. The van der Waals surface area contributed by atoms with E-state index < -0.39 is 34.2 Å². The van der Waals surface area contributed by atoms with Gasteiger partial charge in [-0.25, -0.2) is 8.42 Å². The number of hydrogen-bond donors (Lipinski definition) is 1. The zero-order chi connectivity index (χ0) is 14.9. The van der Waals surface area contributed by atoms with E-state index in [-0.39, 0.29) is 18.1 Å². The fraction of sp³-hybridized carbons (Fsp3) is 0.600. The molecule has 1 aliphatic heterocycles. The van der Waals surface area contributed by atoms with Crippen LogP contribution in [0.1, 0.15) is 21.8 Å². The summed E-state index contributed by atoms with van der Waals surface area (Å²) >= 11 is 0.923. The van der Waals surface area contributed by atoms with Crippen molar-refractivity contribution >= 4 is 33.2 Å². The Morgan fingerprint density at radius 1 is 1.50 bits per heavy atom. The van der Waals surface area contributed by atoms with Crippen molar-refractivity contribution in [1.29, 1.82) is 0 Å². The highest BCUT2D eigenvalue weighted by atomic mass is 32.2. The topological polar surface area (TPSA) is 118 Å².